The molecule has 15 heavy (non-hydrogen) atoms. The molecule has 0 fully saturated rings. The maximum Gasteiger partial charge on any atom is 0.270 e. The number of benzene rings is 1. The van der Waals surface area contributed by atoms with Crippen LogP contribution in [0.4, 0.5) is 0 Å². The normalized spacial score (nSPS) is 12.5. The van der Waals surface area contributed by atoms with E-state index < -0.39 is 6.10 Å². The fourth-order valence-corrected chi connectivity index (χ4v) is 1.49. The van der Waals surface area contributed by atoms with Gasteiger partial charge in [-0.1, -0.05) is 23.7 Å². The van der Waals surface area contributed by atoms with Gasteiger partial charge in [-0.2, -0.15) is 0 Å². The quantitative estimate of drug-likeness (QED) is 0.794. The number of aliphatic hydroxyl groups is 1. The maximum atomic E-state index is 9.84. The molecule has 80 valence electrons. The van der Waals surface area contributed by atoms with E-state index in [0.29, 0.717) is 11.6 Å². The molecule has 0 spiro atoms. The molecule has 4 heteroatoms. The largest absolute Gasteiger partial charge is 0.387 e. The van der Waals surface area contributed by atoms with Gasteiger partial charge in [0.2, 0.25) is 0 Å². The van der Waals surface area contributed by atoms with Crippen molar-refractivity contribution >= 4 is 11.6 Å². The Morgan fingerprint density at radius 2 is 2.33 bits per heavy atom. The number of likely N-dealkylation sites (N-methyl/N-ethyl adjacent to an activating group) is 1. The van der Waals surface area contributed by atoms with Crippen molar-refractivity contribution in [3.63, 3.8) is 0 Å². The van der Waals surface area contributed by atoms with Crippen molar-refractivity contribution < 1.29 is 5.11 Å². The lowest BCUT2D eigenvalue weighted by Crippen LogP contribution is -2.24. The van der Waals surface area contributed by atoms with Gasteiger partial charge in [-0.15, -0.1) is 0 Å². The number of halogens is 1. The second-order valence-electron chi connectivity index (χ2n) is 3.41. The van der Waals surface area contributed by atoms with E-state index in [2.05, 4.69) is 4.85 Å². The first-order valence-electron chi connectivity index (χ1n) is 4.58. The second kappa shape index (κ2) is 5.72. The SMILES string of the molecule is [C-]#[N+]CN(C)CC(O)c1cccc(Cl)c1. The van der Waals surface area contributed by atoms with E-state index in [-0.39, 0.29) is 6.67 Å². The Balaban J connectivity index is 2.61. The number of hydrogen-bond donors (Lipinski definition) is 1. The summed E-state index contributed by atoms with van der Waals surface area (Å²) in [6.07, 6.45) is -0.601. The summed E-state index contributed by atoms with van der Waals surface area (Å²) in [7, 11) is 1.80. The van der Waals surface area contributed by atoms with Crippen LogP contribution >= 0.6 is 11.6 Å². The predicted octanol–water partition coefficient (Wildman–Crippen LogP) is 2.18. The summed E-state index contributed by atoms with van der Waals surface area (Å²) >= 11 is 5.81. The summed E-state index contributed by atoms with van der Waals surface area (Å²) in [5.74, 6) is 0. The van der Waals surface area contributed by atoms with Crippen LogP contribution in [0, 0.1) is 6.57 Å². The van der Waals surface area contributed by atoms with Crippen molar-refractivity contribution in [1.29, 1.82) is 0 Å². The molecule has 0 heterocycles. The topological polar surface area (TPSA) is 27.8 Å². The van der Waals surface area contributed by atoms with E-state index in [1.54, 1.807) is 30.1 Å². The molecule has 1 aromatic carbocycles. The van der Waals surface area contributed by atoms with Gasteiger partial charge in [0.05, 0.1) is 6.10 Å². The number of rotatable bonds is 4. The molecule has 1 rings (SSSR count). The van der Waals surface area contributed by atoms with Gasteiger partial charge < -0.3 is 5.11 Å². The van der Waals surface area contributed by atoms with Crippen molar-refractivity contribution in [1.82, 2.24) is 4.90 Å². The van der Waals surface area contributed by atoms with Gasteiger partial charge in [0.25, 0.3) is 6.67 Å². The highest BCUT2D eigenvalue weighted by molar-refractivity contribution is 6.30. The lowest BCUT2D eigenvalue weighted by Gasteiger charge is -2.16. The van der Waals surface area contributed by atoms with Crippen molar-refractivity contribution in [3.8, 4) is 0 Å². The molecule has 0 aliphatic rings. The highest BCUT2D eigenvalue weighted by Gasteiger charge is 2.11. The Bertz CT molecular complexity index is 362. The van der Waals surface area contributed by atoms with Gasteiger partial charge in [0.1, 0.15) is 0 Å². The fraction of sp³-hybridized carbons (Fsp3) is 0.364. The second-order valence-corrected chi connectivity index (χ2v) is 3.85. The molecule has 0 aromatic heterocycles. The van der Waals surface area contributed by atoms with Gasteiger partial charge >= 0.3 is 0 Å². The van der Waals surface area contributed by atoms with Crippen LogP contribution in [-0.2, 0) is 0 Å². The average Bonchev–Trinajstić information content (AvgIpc) is 2.18. The lowest BCUT2D eigenvalue weighted by atomic mass is 10.1. The number of nitrogens with zero attached hydrogens (tertiary/aromatic N) is 2. The van der Waals surface area contributed by atoms with Gasteiger partial charge in [-0.05, 0) is 24.7 Å². The molecule has 1 atom stereocenters. The highest BCUT2D eigenvalue weighted by atomic mass is 35.5. The fourth-order valence-electron chi connectivity index (χ4n) is 1.29. The van der Waals surface area contributed by atoms with Crippen LogP contribution in [0.1, 0.15) is 11.7 Å². The molecule has 0 radical (unpaired) electrons. The van der Waals surface area contributed by atoms with Crippen LogP contribution in [0.15, 0.2) is 24.3 Å². The van der Waals surface area contributed by atoms with Gasteiger partial charge in [0, 0.05) is 11.6 Å². The average molecular weight is 225 g/mol. The molecule has 1 unspecified atom stereocenters. The van der Waals surface area contributed by atoms with Crippen LogP contribution in [0.2, 0.25) is 5.02 Å². The molecule has 0 amide bonds. The molecule has 3 nitrogen and oxygen atoms in total. The van der Waals surface area contributed by atoms with Gasteiger partial charge in [-0.3, -0.25) is 4.85 Å². The van der Waals surface area contributed by atoms with Crippen molar-refractivity contribution in [2.45, 2.75) is 6.10 Å². The van der Waals surface area contributed by atoms with Crippen LogP contribution in [-0.4, -0.2) is 30.3 Å². The molecule has 0 bridgehead atoms. The summed E-state index contributed by atoms with van der Waals surface area (Å²) in [5, 5.41) is 10.4. The third kappa shape index (κ3) is 3.88. The zero-order chi connectivity index (χ0) is 11.3. The molecule has 0 saturated heterocycles. The summed E-state index contributed by atoms with van der Waals surface area (Å²) in [4.78, 5) is 5.00. The van der Waals surface area contributed by atoms with E-state index >= 15 is 0 Å². The summed E-state index contributed by atoms with van der Waals surface area (Å²) in [5.41, 5.74) is 0.777. The highest BCUT2D eigenvalue weighted by Crippen LogP contribution is 2.18. The zero-order valence-electron chi connectivity index (χ0n) is 8.52. The van der Waals surface area contributed by atoms with Crippen molar-refractivity contribution in [3.05, 3.63) is 46.3 Å². The first-order valence-corrected chi connectivity index (χ1v) is 4.96. The summed E-state index contributed by atoms with van der Waals surface area (Å²) in [6, 6.07) is 7.12. The lowest BCUT2D eigenvalue weighted by molar-refractivity contribution is 0.132. The van der Waals surface area contributed by atoms with E-state index in [4.69, 9.17) is 18.2 Å². The third-order valence-corrected chi connectivity index (χ3v) is 2.27. The first kappa shape index (κ1) is 12.0. The molecule has 0 aliphatic carbocycles. The minimum absolute atomic E-state index is 0.289. The van der Waals surface area contributed by atoms with E-state index in [1.807, 2.05) is 6.07 Å². The Morgan fingerprint density at radius 1 is 1.60 bits per heavy atom. The Hall–Kier alpha value is -1.08. The molecule has 0 aliphatic heterocycles. The third-order valence-electron chi connectivity index (χ3n) is 2.03. The first-order chi connectivity index (χ1) is 7.13. The molecule has 0 saturated carbocycles. The van der Waals surface area contributed by atoms with E-state index in [9.17, 15) is 5.11 Å². The molecular weight excluding hydrogens is 212 g/mol. The number of aliphatic hydroxyl groups excluding tert-OH is 1. The standard InChI is InChI=1S/C11H13ClN2O/c1-13-8-14(2)7-11(15)9-4-3-5-10(12)6-9/h3-6,11,15H,7-8H2,2H3. The van der Waals surface area contributed by atoms with Crippen molar-refractivity contribution in [2.24, 2.45) is 0 Å². The van der Waals surface area contributed by atoms with E-state index in [0.717, 1.165) is 5.56 Å². The van der Waals surface area contributed by atoms with Crippen LogP contribution < -0.4 is 0 Å². The summed E-state index contributed by atoms with van der Waals surface area (Å²) < 4.78 is 0. The minimum atomic E-state index is -0.601. The monoisotopic (exact) mass is 224 g/mol. The van der Waals surface area contributed by atoms with E-state index in [1.165, 1.54) is 0 Å². The van der Waals surface area contributed by atoms with Crippen molar-refractivity contribution in [2.75, 3.05) is 20.3 Å². The smallest absolute Gasteiger partial charge is 0.270 e. The van der Waals surface area contributed by atoms with Crippen LogP contribution in [0.5, 0.6) is 0 Å². The van der Waals surface area contributed by atoms with Crippen LogP contribution in [0.25, 0.3) is 4.85 Å². The minimum Gasteiger partial charge on any atom is -0.387 e. The molecule has 1 N–H and O–H groups in total. The summed E-state index contributed by atoms with van der Waals surface area (Å²) in [6.45, 7) is 7.42. The van der Waals surface area contributed by atoms with Gasteiger partial charge in [-0.25, -0.2) is 11.5 Å². The molecular formula is C11H13ClN2O. The van der Waals surface area contributed by atoms with Gasteiger partial charge in [0.15, 0.2) is 0 Å². The predicted molar refractivity (Wildman–Crippen MR) is 60.5 cm³/mol. The Morgan fingerprint density at radius 3 is 2.93 bits per heavy atom. The zero-order valence-corrected chi connectivity index (χ0v) is 9.28. The Labute approximate surface area is 94.7 Å². The molecule has 1 aromatic rings. The maximum absolute atomic E-state index is 9.84. The van der Waals surface area contributed by atoms with Crippen LogP contribution in [0.3, 0.4) is 0 Å². The number of hydrogen-bond acceptors (Lipinski definition) is 2. The Kier molecular flexibility index (Phi) is 4.57.